The van der Waals surface area contributed by atoms with Crippen LogP contribution in [0.4, 0.5) is 0 Å². The molecule has 0 saturated heterocycles. The Kier molecular flexibility index (Phi) is 4.48. The zero-order valence-electron chi connectivity index (χ0n) is 16.4. The summed E-state index contributed by atoms with van der Waals surface area (Å²) in [7, 11) is 0. The highest BCUT2D eigenvalue weighted by atomic mass is 35.5. The minimum atomic E-state index is -0.478. The van der Waals surface area contributed by atoms with Gasteiger partial charge < -0.3 is 13.9 Å². The molecule has 1 atom stereocenters. The second-order valence-electron chi connectivity index (χ2n) is 7.16. The van der Waals surface area contributed by atoms with Crippen molar-refractivity contribution >= 4 is 34.0 Å². The standard InChI is InChI=1S/C23H14ClN3O4S/c24-14-5-3-4-13(10-14)16-9-8-15(30-16)11-20-22(28)27-23(32-20)25-21(26-27)19-12-29-17-6-1-2-7-18(17)31-19/h1-11,19H,12H2/b20-11+/t19-/m0/s1. The fourth-order valence-corrected chi connectivity index (χ4v) is 4.57. The van der Waals surface area contributed by atoms with Gasteiger partial charge in [0, 0.05) is 16.7 Å². The Morgan fingerprint density at radius 2 is 1.97 bits per heavy atom. The highest BCUT2D eigenvalue weighted by Crippen LogP contribution is 2.35. The van der Waals surface area contributed by atoms with E-state index in [1.54, 1.807) is 12.1 Å². The molecule has 0 fully saturated rings. The molecule has 0 spiro atoms. The van der Waals surface area contributed by atoms with Gasteiger partial charge in [-0.05, 0) is 36.4 Å². The Hall–Kier alpha value is -3.62. The molecule has 158 valence electrons. The van der Waals surface area contributed by atoms with Gasteiger partial charge in [0.1, 0.15) is 22.7 Å². The van der Waals surface area contributed by atoms with E-state index in [-0.39, 0.29) is 12.2 Å². The van der Waals surface area contributed by atoms with Gasteiger partial charge in [-0.2, -0.15) is 9.50 Å². The molecule has 0 aliphatic carbocycles. The number of furan rings is 1. The van der Waals surface area contributed by atoms with Gasteiger partial charge in [-0.3, -0.25) is 4.79 Å². The van der Waals surface area contributed by atoms with E-state index in [1.807, 2.05) is 54.6 Å². The fourth-order valence-electron chi connectivity index (χ4n) is 3.49. The number of fused-ring (bicyclic) bond motifs is 2. The first-order valence-corrected chi connectivity index (χ1v) is 11.0. The number of halogens is 1. The first kappa shape index (κ1) is 19.1. The van der Waals surface area contributed by atoms with Crippen LogP contribution in [0.1, 0.15) is 17.7 Å². The summed E-state index contributed by atoms with van der Waals surface area (Å²) in [5, 5.41) is 5.00. The molecule has 3 aromatic heterocycles. The molecule has 0 N–H and O–H groups in total. The van der Waals surface area contributed by atoms with Crippen molar-refractivity contribution in [1.29, 1.82) is 0 Å². The Morgan fingerprint density at radius 3 is 2.81 bits per heavy atom. The van der Waals surface area contributed by atoms with Crippen LogP contribution in [0.5, 0.6) is 11.5 Å². The summed E-state index contributed by atoms with van der Waals surface area (Å²) in [5.41, 5.74) is 0.602. The first-order valence-electron chi connectivity index (χ1n) is 9.79. The van der Waals surface area contributed by atoms with E-state index in [4.69, 9.17) is 25.5 Å². The van der Waals surface area contributed by atoms with Crippen molar-refractivity contribution in [3.63, 3.8) is 0 Å². The zero-order valence-corrected chi connectivity index (χ0v) is 18.0. The normalized spacial score (nSPS) is 16.0. The predicted octanol–water partition coefficient (Wildman–Crippen LogP) is 4.12. The second-order valence-corrected chi connectivity index (χ2v) is 8.60. The summed E-state index contributed by atoms with van der Waals surface area (Å²) in [5.74, 6) is 2.95. The SMILES string of the molecule is O=c1/c(=C\c2ccc(-c3cccc(Cl)c3)o2)sc2nc([C@@H]3COc4ccccc4O3)nn12. The molecule has 5 aromatic rings. The quantitative estimate of drug-likeness (QED) is 0.400. The lowest BCUT2D eigenvalue weighted by molar-refractivity contribution is 0.0852. The third-order valence-corrected chi connectivity index (χ3v) is 6.20. The number of ether oxygens (including phenoxy) is 2. The molecule has 1 aliphatic rings. The largest absolute Gasteiger partial charge is 0.485 e. The van der Waals surface area contributed by atoms with Crippen molar-refractivity contribution in [2.24, 2.45) is 0 Å². The van der Waals surface area contributed by atoms with Crippen LogP contribution in [-0.4, -0.2) is 21.2 Å². The van der Waals surface area contributed by atoms with Crippen LogP contribution < -0.4 is 19.6 Å². The van der Waals surface area contributed by atoms with Gasteiger partial charge in [0.15, 0.2) is 23.4 Å². The van der Waals surface area contributed by atoms with E-state index in [1.165, 1.54) is 15.9 Å². The van der Waals surface area contributed by atoms with Crippen molar-refractivity contribution in [3.05, 3.63) is 92.2 Å². The molecular formula is C23H14ClN3O4S. The van der Waals surface area contributed by atoms with E-state index >= 15 is 0 Å². The second kappa shape index (κ2) is 7.51. The molecule has 7 nitrogen and oxygen atoms in total. The van der Waals surface area contributed by atoms with Crippen molar-refractivity contribution in [2.45, 2.75) is 6.10 Å². The summed E-state index contributed by atoms with van der Waals surface area (Å²) >= 11 is 7.30. The van der Waals surface area contributed by atoms with Crippen molar-refractivity contribution in [2.75, 3.05) is 6.61 Å². The van der Waals surface area contributed by atoms with Crippen LogP contribution in [0.3, 0.4) is 0 Å². The third kappa shape index (κ3) is 3.34. The van der Waals surface area contributed by atoms with Crippen molar-refractivity contribution in [1.82, 2.24) is 14.6 Å². The minimum Gasteiger partial charge on any atom is -0.485 e. The Balaban J connectivity index is 1.30. The van der Waals surface area contributed by atoms with E-state index < -0.39 is 6.10 Å². The average molecular weight is 464 g/mol. The third-order valence-electron chi connectivity index (χ3n) is 5.00. The van der Waals surface area contributed by atoms with Gasteiger partial charge in [-0.25, -0.2) is 0 Å². The topological polar surface area (TPSA) is 78.9 Å². The molecule has 0 radical (unpaired) electrons. The number of rotatable bonds is 3. The zero-order chi connectivity index (χ0) is 21.7. The molecule has 6 rings (SSSR count). The maximum Gasteiger partial charge on any atom is 0.291 e. The lowest BCUT2D eigenvalue weighted by Crippen LogP contribution is -2.26. The van der Waals surface area contributed by atoms with Gasteiger partial charge in [0.05, 0.1) is 0 Å². The highest BCUT2D eigenvalue weighted by Gasteiger charge is 2.27. The van der Waals surface area contributed by atoms with E-state index in [9.17, 15) is 4.79 Å². The number of benzene rings is 2. The summed E-state index contributed by atoms with van der Waals surface area (Å²) in [4.78, 5) is 17.8. The molecule has 0 amide bonds. The Bertz CT molecular complexity index is 1570. The fraction of sp³-hybridized carbons (Fsp3) is 0.0870. The molecule has 0 bridgehead atoms. The van der Waals surface area contributed by atoms with Gasteiger partial charge in [-0.1, -0.05) is 47.2 Å². The highest BCUT2D eigenvalue weighted by molar-refractivity contribution is 7.15. The van der Waals surface area contributed by atoms with Crippen molar-refractivity contribution in [3.8, 4) is 22.8 Å². The van der Waals surface area contributed by atoms with Crippen molar-refractivity contribution < 1.29 is 13.9 Å². The van der Waals surface area contributed by atoms with Crippen LogP contribution in [0.15, 0.2) is 69.9 Å². The summed E-state index contributed by atoms with van der Waals surface area (Å²) in [6, 6.07) is 18.5. The van der Waals surface area contributed by atoms with Gasteiger partial charge in [0.25, 0.3) is 5.56 Å². The summed E-state index contributed by atoms with van der Waals surface area (Å²) in [6.45, 7) is 0.278. The van der Waals surface area contributed by atoms with Crippen LogP contribution in [0.2, 0.25) is 5.02 Å². The lowest BCUT2D eigenvalue weighted by Gasteiger charge is -2.24. The lowest BCUT2D eigenvalue weighted by atomic mass is 10.2. The molecule has 0 saturated carbocycles. The molecule has 9 heteroatoms. The number of aromatic nitrogens is 3. The van der Waals surface area contributed by atoms with Gasteiger partial charge >= 0.3 is 0 Å². The van der Waals surface area contributed by atoms with E-state index in [0.717, 1.165) is 5.56 Å². The maximum absolute atomic E-state index is 12.9. The molecule has 32 heavy (non-hydrogen) atoms. The summed E-state index contributed by atoms with van der Waals surface area (Å²) in [6.07, 6.45) is 1.21. The molecular weight excluding hydrogens is 450 g/mol. The van der Waals surface area contributed by atoms with Crippen LogP contribution >= 0.6 is 22.9 Å². The number of hydrogen-bond acceptors (Lipinski definition) is 7. The number of thiazole rings is 1. The maximum atomic E-state index is 12.9. The van der Waals surface area contributed by atoms with Crippen LogP contribution in [0, 0.1) is 0 Å². The molecule has 1 aliphatic heterocycles. The number of para-hydroxylation sites is 2. The summed E-state index contributed by atoms with van der Waals surface area (Å²) < 4.78 is 19.3. The van der Waals surface area contributed by atoms with E-state index in [0.29, 0.717) is 43.4 Å². The first-order chi connectivity index (χ1) is 15.6. The van der Waals surface area contributed by atoms with Gasteiger partial charge in [0.2, 0.25) is 4.96 Å². The van der Waals surface area contributed by atoms with Gasteiger partial charge in [-0.15, -0.1) is 5.10 Å². The smallest absolute Gasteiger partial charge is 0.291 e. The van der Waals surface area contributed by atoms with Crippen LogP contribution in [0.25, 0.3) is 22.4 Å². The van der Waals surface area contributed by atoms with E-state index in [2.05, 4.69) is 10.1 Å². The minimum absolute atomic E-state index is 0.262. The molecule has 2 aromatic carbocycles. The number of hydrogen-bond donors (Lipinski definition) is 0. The number of nitrogens with zero attached hydrogens (tertiary/aromatic N) is 3. The Morgan fingerprint density at radius 1 is 1.09 bits per heavy atom. The Labute approximate surface area is 190 Å². The van der Waals surface area contributed by atoms with Crippen LogP contribution in [-0.2, 0) is 0 Å². The average Bonchev–Trinajstić information content (AvgIpc) is 3.51. The molecule has 4 heterocycles. The molecule has 0 unspecified atom stereocenters. The predicted molar refractivity (Wildman–Crippen MR) is 120 cm³/mol. The monoisotopic (exact) mass is 463 g/mol.